The number of aryl methyl sites for hydroxylation is 1. The summed E-state index contributed by atoms with van der Waals surface area (Å²) in [5, 5.41) is 4.45. The Bertz CT molecular complexity index is 306. The van der Waals surface area contributed by atoms with Crippen LogP contribution in [0.5, 0.6) is 0 Å². The van der Waals surface area contributed by atoms with Crippen molar-refractivity contribution in [1.29, 1.82) is 0 Å². The van der Waals surface area contributed by atoms with Gasteiger partial charge in [0.2, 0.25) is 0 Å². The molecule has 0 amide bonds. The van der Waals surface area contributed by atoms with E-state index in [1.165, 1.54) is 0 Å². The molecule has 0 unspecified atom stereocenters. The largest absolute Gasteiger partial charge is 0.384 e. The average Bonchev–Trinajstić information content (AvgIpc) is 2.46. The van der Waals surface area contributed by atoms with Gasteiger partial charge in [-0.1, -0.05) is 6.92 Å². The van der Waals surface area contributed by atoms with Crippen LogP contribution < -0.4 is 5.73 Å². The Morgan fingerprint density at radius 1 is 1.62 bits per heavy atom. The number of fused-ring (bicyclic) bond motifs is 1. The van der Waals surface area contributed by atoms with Crippen LogP contribution in [-0.4, -0.2) is 16.4 Å². The van der Waals surface area contributed by atoms with Gasteiger partial charge in [0.05, 0.1) is 18.9 Å². The summed E-state index contributed by atoms with van der Waals surface area (Å²) >= 11 is 0. The highest BCUT2D eigenvalue weighted by atomic mass is 16.5. The van der Waals surface area contributed by atoms with Crippen molar-refractivity contribution in [3.63, 3.8) is 0 Å². The van der Waals surface area contributed by atoms with Crippen LogP contribution in [0.1, 0.15) is 24.6 Å². The standard InChI is InChI=1S/C9H15N3O/c1-2-4-12-9(10)7-6-13-5-3-8(7)11-12/h2-6,10H2,1H3. The highest BCUT2D eigenvalue weighted by Gasteiger charge is 2.18. The second kappa shape index (κ2) is 3.38. The normalized spacial score (nSPS) is 15.8. The third-order valence-electron chi connectivity index (χ3n) is 2.34. The molecule has 0 atom stereocenters. The molecule has 0 saturated carbocycles. The lowest BCUT2D eigenvalue weighted by Gasteiger charge is -2.10. The molecule has 0 spiro atoms. The van der Waals surface area contributed by atoms with Gasteiger partial charge in [0.1, 0.15) is 5.82 Å². The van der Waals surface area contributed by atoms with Crippen molar-refractivity contribution in [2.45, 2.75) is 32.9 Å². The van der Waals surface area contributed by atoms with Crippen LogP contribution in [0.3, 0.4) is 0 Å². The smallest absolute Gasteiger partial charge is 0.127 e. The minimum absolute atomic E-state index is 0.630. The monoisotopic (exact) mass is 181 g/mol. The minimum atomic E-state index is 0.630. The molecule has 0 aliphatic carbocycles. The molecule has 2 rings (SSSR count). The summed E-state index contributed by atoms with van der Waals surface area (Å²) in [4.78, 5) is 0. The zero-order valence-corrected chi connectivity index (χ0v) is 7.92. The van der Waals surface area contributed by atoms with Crippen molar-refractivity contribution in [3.05, 3.63) is 11.3 Å². The van der Waals surface area contributed by atoms with Crippen molar-refractivity contribution in [2.24, 2.45) is 0 Å². The number of nitrogens with zero attached hydrogens (tertiary/aromatic N) is 2. The molecule has 1 aromatic rings. The molecule has 4 heteroatoms. The van der Waals surface area contributed by atoms with Crippen molar-refractivity contribution < 1.29 is 4.74 Å². The van der Waals surface area contributed by atoms with Gasteiger partial charge in [-0.3, -0.25) is 0 Å². The lowest BCUT2D eigenvalue weighted by Crippen LogP contribution is -2.09. The van der Waals surface area contributed by atoms with Crippen molar-refractivity contribution in [1.82, 2.24) is 9.78 Å². The fourth-order valence-corrected chi connectivity index (χ4v) is 1.65. The van der Waals surface area contributed by atoms with Gasteiger partial charge in [0.15, 0.2) is 0 Å². The van der Waals surface area contributed by atoms with E-state index >= 15 is 0 Å². The molecule has 1 aromatic heterocycles. The van der Waals surface area contributed by atoms with E-state index in [9.17, 15) is 0 Å². The molecule has 13 heavy (non-hydrogen) atoms. The number of ether oxygens (including phenoxy) is 1. The Kier molecular flexibility index (Phi) is 2.22. The first-order chi connectivity index (χ1) is 6.33. The Morgan fingerprint density at radius 3 is 3.15 bits per heavy atom. The maximum atomic E-state index is 5.93. The van der Waals surface area contributed by atoms with Crippen LogP contribution in [0.15, 0.2) is 0 Å². The fraction of sp³-hybridized carbons (Fsp3) is 0.667. The summed E-state index contributed by atoms with van der Waals surface area (Å²) < 4.78 is 7.22. The number of aromatic nitrogens is 2. The zero-order chi connectivity index (χ0) is 9.26. The van der Waals surface area contributed by atoms with E-state index in [4.69, 9.17) is 10.5 Å². The summed E-state index contributed by atoms with van der Waals surface area (Å²) in [5.41, 5.74) is 8.15. The van der Waals surface area contributed by atoms with E-state index < -0.39 is 0 Å². The van der Waals surface area contributed by atoms with Crippen LogP contribution in [0.2, 0.25) is 0 Å². The molecule has 1 aliphatic rings. The molecular weight excluding hydrogens is 166 g/mol. The van der Waals surface area contributed by atoms with Crippen molar-refractivity contribution >= 4 is 5.82 Å². The van der Waals surface area contributed by atoms with Gasteiger partial charge in [0, 0.05) is 18.5 Å². The first-order valence-electron chi connectivity index (χ1n) is 4.74. The third-order valence-corrected chi connectivity index (χ3v) is 2.34. The number of rotatable bonds is 2. The van der Waals surface area contributed by atoms with Crippen LogP contribution in [0.4, 0.5) is 5.82 Å². The number of anilines is 1. The predicted molar refractivity (Wildman–Crippen MR) is 50.3 cm³/mol. The van der Waals surface area contributed by atoms with E-state index in [1.54, 1.807) is 0 Å². The van der Waals surface area contributed by atoms with Gasteiger partial charge in [-0.15, -0.1) is 0 Å². The summed E-state index contributed by atoms with van der Waals surface area (Å²) in [6.45, 7) is 4.43. The molecule has 1 aliphatic heterocycles. The second-order valence-corrected chi connectivity index (χ2v) is 3.34. The van der Waals surface area contributed by atoms with Crippen LogP contribution >= 0.6 is 0 Å². The second-order valence-electron chi connectivity index (χ2n) is 3.34. The maximum Gasteiger partial charge on any atom is 0.127 e. The van der Waals surface area contributed by atoms with E-state index in [-0.39, 0.29) is 0 Å². The van der Waals surface area contributed by atoms with Gasteiger partial charge in [-0.25, -0.2) is 4.68 Å². The summed E-state index contributed by atoms with van der Waals surface area (Å²) in [6.07, 6.45) is 1.96. The maximum absolute atomic E-state index is 5.93. The van der Waals surface area contributed by atoms with E-state index in [2.05, 4.69) is 12.0 Å². The van der Waals surface area contributed by atoms with Crippen molar-refractivity contribution in [2.75, 3.05) is 12.3 Å². The van der Waals surface area contributed by atoms with E-state index in [1.807, 2.05) is 4.68 Å². The van der Waals surface area contributed by atoms with Crippen LogP contribution in [0.25, 0.3) is 0 Å². The number of hydrogen-bond donors (Lipinski definition) is 1. The Labute approximate surface area is 77.7 Å². The average molecular weight is 181 g/mol. The molecule has 4 nitrogen and oxygen atoms in total. The molecule has 0 aromatic carbocycles. The van der Waals surface area contributed by atoms with E-state index in [0.29, 0.717) is 6.61 Å². The van der Waals surface area contributed by atoms with E-state index in [0.717, 1.165) is 43.1 Å². The van der Waals surface area contributed by atoms with Gasteiger partial charge in [-0.05, 0) is 6.42 Å². The third kappa shape index (κ3) is 1.42. The first-order valence-corrected chi connectivity index (χ1v) is 4.74. The number of nitrogens with two attached hydrogens (primary N) is 1. The SMILES string of the molecule is CCCn1nc2c(c1N)COCC2. The highest BCUT2D eigenvalue weighted by molar-refractivity contribution is 5.43. The summed E-state index contributed by atoms with van der Waals surface area (Å²) in [7, 11) is 0. The molecule has 0 saturated heterocycles. The van der Waals surface area contributed by atoms with Gasteiger partial charge >= 0.3 is 0 Å². The summed E-state index contributed by atoms with van der Waals surface area (Å²) in [6, 6.07) is 0. The molecule has 0 bridgehead atoms. The molecular formula is C9H15N3O. The zero-order valence-electron chi connectivity index (χ0n) is 7.92. The summed E-state index contributed by atoms with van der Waals surface area (Å²) in [5.74, 6) is 0.788. The molecule has 0 radical (unpaired) electrons. The quantitative estimate of drug-likeness (QED) is 0.739. The van der Waals surface area contributed by atoms with Gasteiger partial charge in [0.25, 0.3) is 0 Å². The van der Waals surface area contributed by atoms with Gasteiger partial charge < -0.3 is 10.5 Å². The molecule has 0 fully saturated rings. The lowest BCUT2D eigenvalue weighted by atomic mass is 10.1. The first kappa shape index (κ1) is 8.56. The van der Waals surface area contributed by atoms with Crippen LogP contribution in [-0.2, 0) is 24.3 Å². The fourth-order valence-electron chi connectivity index (χ4n) is 1.65. The van der Waals surface area contributed by atoms with Crippen LogP contribution in [0, 0.1) is 0 Å². The Morgan fingerprint density at radius 2 is 2.46 bits per heavy atom. The lowest BCUT2D eigenvalue weighted by molar-refractivity contribution is 0.110. The Hall–Kier alpha value is -1.03. The van der Waals surface area contributed by atoms with Crippen molar-refractivity contribution in [3.8, 4) is 0 Å². The number of nitrogen functional groups attached to an aromatic ring is 1. The molecule has 72 valence electrons. The minimum Gasteiger partial charge on any atom is -0.384 e. The predicted octanol–water partition coefficient (Wildman–Crippen LogP) is 0.948. The molecule has 2 heterocycles. The highest BCUT2D eigenvalue weighted by Crippen LogP contribution is 2.22. The van der Waals surface area contributed by atoms with Gasteiger partial charge in [-0.2, -0.15) is 5.10 Å². The Balaban J connectivity index is 2.33. The number of hydrogen-bond acceptors (Lipinski definition) is 3. The molecule has 2 N–H and O–H groups in total. The topological polar surface area (TPSA) is 53.1 Å².